The molecule has 11 heavy (non-hydrogen) atoms. The summed E-state index contributed by atoms with van der Waals surface area (Å²) in [6, 6.07) is -0.747. The average molecular weight is 188 g/mol. The Hall–Kier alpha value is 0.0700. The van der Waals surface area contributed by atoms with Crippen molar-refractivity contribution in [2.75, 3.05) is 0 Å². The van der Waals surface area contributed by atoms with Gasteiger partial charge in [0.05, 0.1) is 0 Å². The number of alkyl halides is 2. The molecule has 0 aromatic rings. The summed E-state index contributed by atoms with van der Waals surface area (Å²) in [6.45, 7) is 0. The smallest absolute Gasteiger partial charge is 0.274 e. The molecule has 0 aromatic heterocycles. The van der Waals surface area contributed by atoms with Crippen molar-refractivity contribution in [2.45, 2.75) is 37.3 Å². The van der Waals surface area contributed by atoms with Gasteiger partial charge in [-0.2, -0.15) is 0 Å². The first-order chi connectivity index (χ1) is 4.54. The molecular weight excluding hydrogens is 176 g/mol. The van der Waals surface area contributed by atoms with Crippen LogP contribution in [-0.4, -0.2) is 23.2 Å². The van der Waals surface area contributed by atoms with Crippen molar-refractivity contribution in [2.24, 2.45) is 5.73 Å². The highest BCUT2D eigenvalue weighted by molar-refractivity contribution is 5.85. The summed E-state index contributed by atoms with van der Waals surface area (Å²) in [5.74, 6) is -2.96. The first kappa shape index (κ1) is 11.1. The summed E-state index contributed by atoms with van der Waals surface area (Å²) in [6.07, 6.45) is -0.967. The minimum absolute atomic E-state index is 0. The molecule has 1 saturated carbocycles. The van der Waals surface area contributed by atoms with Crippen molar-refractivity contribution in [3.05, 3.63) is 0 Å². The van der Waals surface area contributed by atoms with Crippen LogP contribution in [0.4, 0.5) is 8.78 Å². The van der Waals surface area contributed by atoms with E-state index in [0.717, 1.165) is 0 Å². The van der Waals surface area contributed by atoms with Gasteiger partial charge in [-0.25, -0.2) is 8.78 Å². The molecule has 2 atom stereocenters. The van der Waals surface area contributed by atoms with Crippen LogP contribution in [0.5, 0.6) is 0 Å². The van der Waals surface area contributed by atoms with Crippen LogP contribution in [0.1, 0.15) is 19.3 Å². The zero-order valence-electron chi connectivity index (χ0n) is 5.96. The largest absolute Gasteiger partial charge is 0.385 e. The third-order valence-corrected chi connectivity index (χ3v) is 1.89. The quantitative estimate of drug-likeness (QED) is 0.593. The second-order valence-electron chi connectivity index (χ2n) is 2.76. The van der Waals surface area contributed by atoms with E-state index < -0.39 is 18.1 Å². The highest BCUT2D eigenvalue weighted by Crippen LogP contribution is 2.32. The Morgan fingerprint density at radius 3 is 2.36 bits per heavy atom. The zero-order valence-corrected chi connectivity index (χ0v) is 6.78. The Morgan fingerprint density at radius 1 is 1.45 bits per heavy atom. The Balaban J connectivity index is 0.000001000. The van der Waals surface area contributed by atoms with Crippen LogP contribution in [0.15, 0.2) is 0 Å². The van der Waals surface area contributed by atoms with Crippen molar-refractivity contribution in [1.82, 2.24) is 0 Å². The van der Waals surface area contributed by atoms with Crippen molar-refractivity contribution in [3.63, 3.8) is 0 Å². The van der Waals surface area contributed by atoms with Gasteiger partial charge in [0.15, 0.2) is 0 Å². The molecule has 1 fully saturated rings. The van der Waals surface area contributed by atoms with E-state index in [0.29, 0.717) is 12.8 Å². The molecule has 0 saturated heterocycles. The first-order valence-corrected chi connectivity index (χ1v) is 3.35. The van der Waals surface area contributed by atoms with E-state index in [2.05, 4.69) is 0 Å². The Labute approximate surface area is 70.2 Å². The predicted molar refractivity (Wildman–Crippen MR) is 40.0 cm³/mol. The topological polar surface area (TPSA) is 46.2 Å². The summed E-state index contributed by atoms with van der Waals surface area (Å²) in [7, 11) is 0. The maximum Gasteiger partial charge on any atom is 0.274 e. The van der Waals surface area contributed by atoms with E-state index in [1.807, 2.05) is 0 Å². The molecular formula is C6H12ClF2NO. The molecule has 0 spiro atoms. The van der Waals surface area contributed by atoms with Crippen molar-refractivity contribution in [1.29, 1.82) is 0 Å². The minimum atomic E-state index is -2.96. The van der Waals surface area contributed by atoms with Gasteiger partial charge in [0.1, 0.15) is 6.10 Å². The second kappa shape index (κ2) is 3.65. The summed E-state index contributed by atoms with van der Waals surface area (Å²) >= 11 is 0. The van der Waals surface area contributed by atoms with Gasteiger partial charge in [0, 0.05) is 12.5 Å². The number of rotatable bonds is 0. The minimum Gasteiger partial charge on any atom is -0.385 e. The monoisotopic (exact) mass is 187 g/mol. The standard InChI is InChI=1S/C6H11F2NO.ClH/c7-6(8)3-1-2-4(9)5(6)10;/h4-5,10H,1-3,9H2;1H/t4-,5+;/m0./s1. The Bertz CT molecular complexity index is 134. The van der Waals surface area contributed by atoms with E-state index in [4.69, 9.17) is 10.8 Å². The van der Waals surface area contributed by atoms with E-state index in [-0.39, 0.29) is 18.8 Å². The van der Waals surface area contributed by atoms with Crippen LogP contribution < -0.4 is 5.73 Å². The number of nitrogens with two attached hydrogens (primary N) is 1. The lowest BCUT2D eigenvalue weighted by Crippen LogP contribution is -2.50. The number of aliphatic hydroxyl groups excluding tert-OH is 1. The van der Waals surface area contributed by atoms with Gasteiger partial charge in [0.2, 0.25) is 0 Å². The van der Waals surface area contributed by atoms with E-state index in [1.165, 1.54) is 0 Å². The molecule has 0 bridgehead atoms. The third-order valence-electron chi connectivity index (χ3n) is 1.89. The molecule has 1 aliphatic carbocycles. The lowest BCUT2D eigenvalue weighted by atomic mass is 9.90. The van der Waals surface area contributed by atoms with Crippen LogP contribution in [0.2, 0.25) is 0 Å². The molecule has 0 aromatic carbocycles. The number of hydrogen-bond acceptors (Lipinski definition) is 2. The highest BCUT2D eigenvalue weighted by atomic mass is 35.5. The van der Waals surface area contributed by atoms with Gasteiger partial charge in [-0.05, 0) is 12.8 Å². The lowest BCUT2D eigenvalue weighted by Gasteiger charge is -2.31. The Morgan fingerprint density at radius 2 is 2.00 bits per heavy atom. The molecule has 0 radical (unpaired) electrons. The van der Waals surface area contributed by atoms with Crippen LogP contribution in [-0.2, 0) is 0 Å². The number of aliphatic hydroxyl groups is 1. The van der Waals surface area contributed by atoms with E-state index in [9.17, 15) is 8.78 Å². The van der Waals surface area contributed by atoms with Gasteiger partial charge in [0.25, 0.3) is 5.92 Å². The van der Waals surface area contributed by atoms with Crippen molar-refractivity contribution >= 4 is 12.4 Å². The van der Waals surface area contributed by atoms with Crippen LogP contribution in [0, 0.1) is 0 Å². The molecule has 2 nitrogen and oxygen atoms in total. The van der Waals surface area contributed by atoms with Crippen molar-refractivity contribution in [3.8, 4) is 0 Å². The van der Waals surface area contributed by atoms with E-state index in [1.54, 1.807) is 0 Å². The molecule has 1 rings (SSSR count). The molecule has 5 heteroatoms. The highest BCUT2D eigenvalue weighted by Gasteiger charge is 2.44. The van der Waals surface area contributed by atoms with Crippen molar-refractivity contribution < 1.29 is 13.9 Å². The molecule has 68 valence electrons. The maximum atomic E-state index is 12.5. The van der Waals surface area contributed by atoms with Gasteiger partial charge in [-0.15, -0.1) is 12.4 Å². The summed E-state index contributed by atoms with van der Waals surface area (Å²) in [4.78, 5) is 0. The van der Waals surface area contributed by atoms with Crippen LogP contribution >= 0.6 is 12.4 Å². The zero-order chi connectivity index (χ0) is 7.78. The fraction of sp³-hybridized carbons (Fsp3) is 1.00. The SMILES string of the molecule is Cl.N[C@H]1CCCC(F)(F)[C@@H]1O. The molecule has 0 heterocycles. The Kier molecular flexibility index (Phi) is 3.67. The van der Waals surface area contributed by atoms with Crippen LogP contribution in [0.3, 0.4) is 0 Å². The van der Waals surface area contributed by atoms with Crippen LogP contribution in [0.25, 0.3) is 0 Å². The maximum absolute atomic E-state index is 12.5. The van der Waals surface area contributed by atoms with Gasteiger partial charge >= 0.3 is 0 Å². The molecule has 1 aliphatic rings. The third kappa shape index (κ3) is 2.25. The summed E-state index contributed by atoms with van der Waals surface area (Å²) in [5.41, 5.74) is 5.22. The molecule has 0 aliphatic heterocycles. The lowest BCUT2D eigenvalue weighted by molar-refractivity contribution is -0.138. The molecule has 3 N–H and O–H groups in total. The molecule has 0 amide bonds. The van der Waals surface area contributed by atoms with Gasteiger partial charge < -0.3 is 10.8 Å². The number of halogens is 3. The average Bonchev–Trinajstić information content (AvgIpc) is 1.83. The van der Waals surface area contributed by atoms with Gasteiger partial charge in [-0.1, -0.05) is 0 Å². The fourth-order valence-corrected chi connectivity index (χ4v) is 1.19. The summed E-state index contributed by atoms with van der Waals surface area (Å²) < 4.78 is 25.0. The van der Waals surface area contributed by atoms with E-state index >= 15 is 0 Å². The predicted octanol–water partition coefficient (Wildman–Crippen LogP) is 0.916. The number of hydrogen-bond donors (Lipinski definition) is 2. The summed E-state index contributed by atoms with van der Waals surface area (Å²) in [5, 5.41) is 8.83. The normalized spacial score (nSPS) is 36.0. The first-order valence-electron chi connectivity index (χ1n) is 3.35. The fourth-order valence-electron chi connectivity index (χ4n) is 1.19. The molecule has 0 unspecified atom stereocenters. The second-order valence-corrected chi connectivity index (χ2v) is 2.76. The van der Waals surface area contributed by atoms with Gasteiger partial charge in [-0.3, -0.25) is 0 Å².